The van der Waals surface area contributed by atoms with Crippen LogP contribution in [0.3, 0.4) is 0 Å². The minimum atomic E-state index is -0.0957. The van der Waals surface area contributed by atoms with Crippen molar-refractivity contribution in [2.75, 3.05) is 11.9 Å². The first-order valence-electron chi connectivity index (χ1n) is 6.77. The predicted octanol–water partition coefficient (Wildman–Crippen LogP) is 4.16. The molecule has 0 aromatic heterocycles. The molecular weight excluding hydrogens is 213 g/mol. The molecule has 1 aromatic rings. The van der Waals surface area contributed by atoms with Gasteiger partial charge in [-0.3, -0.25) is 0 Å². The summed E-state index contributed by atoms with van der Waals surface area (Å²) in [6.07, 6.45) is 5.30. The van der Waals surface area contributed by atoms with Crippen LogP contribution >= 0.6 is 0 Å². The number of halogens is 1. The number of rotatable bonds is 1. The zero-order valence-corrected chi connectivity index (χ0v) is 10.4. The topological polar surface area (TPSA) is 12.0 Å². The molecule has 0 bridgehead atoms. The molecule has 1 heterocycles. The Bertz CT molecular complexity index is 407. The van der Waals surface area contributed by atoms with Crippen LogP contribution in [0.15, 0.2) is 18.2 Å². The lowest BCUT2D eigenvalue weighted by Gasteiger charge is -2.30. The van der Waals surface area contributed by atoms with Crippen molar-refractivity contribution in [3.63, 3.8) is 0 Å². The quantitative estimate of drug-likeness (QED) is 0.768. The van der Waals surface area contributed by atoms with Crippen LogP contribution in [-0.4, -0.2) is 6.54 Å². The van der Waals surface area contributed by atoms with E-state index in [-0.39, 0.29) is 5.82 Å². The molecule has 1 saturated carbocycles. The molecule has 1 aliphatic carbocycles. The van der Waals surface area contributed by atoms with E-state index in [1.165, 1.54) is 31.2 Å². The molecule has 17 heavy (non-hydrogen) atoms. The van der Waals surface area contributed by atoms with Crippen LogP contribution in [0.4, 0.5) is 10.1 Å². The van der Waals surface area contributed by atoms with Gasteiger partial charge in [-0.15, -0.1) is 0 Å². The molecule has 2 heteroatoms. The van der Waals surface area contributed by atoms with Crippen LogP contribution in [0.25, 0.3) is 0 Å². The van der Waals surface area contributed by atoms with E-state index in [4.69, 9.17) is 0 Å². The maximum absolute atomic E-state index is 13.3. The predicted molar refractivity (Wildman–Crippen MR) is 68.8 cm³/mol. The molecule has 3 rings (SSSR count). The van der Waals surface area contributed by atoms with Gasteiger partial charge in [0.15, 0.2) is 0 Å². The summed E-state index contributed by atoms with van der Waals surface area (Å²) in [5.74, 6) is 2.07. The van der Waals surface area contributed by atoms with E-state index in [0.717, 1.165) is 24.1 Å². The van der Waals surface area contributed by atoms with Crippen molar-refractivity contribution in [2.45, 2.75) is 38.5 Å². The van der Waals surface area contributed by atoms with Gasteiger partial charge < -0.3 is 5.32 Å². The lowest BCUT2D eigenvalue weighted by molar-refractivity contribution is 0.261. The van der Waals surface area contributed by atoms with Crippen molar-refractivity contribution < 1.29 is 4.39 Å². The minimum Gasteiger partial charge on any atom is -0.384 e. The summed E-state index contributed by atoms with van der Waals surface area (Å²) < 4.78 is 13.3. The number of benzene rings is 1. The smallest absolute Gasteiger partial charge is 0.123 e. The number of hydrogen-bond donors (Lipinski definition) is 1. The van der Waals surface area contributed by atoms with Gasteiger partial charge in [0.25, 0.3) is 0 Å². The second-order valence-electron chi connectivity index (χ2n) is 5.74. The molecular formula is C15H20FN. The number of nitrogens with one attached hydrogen (secondary N) is 1. The van der Waals surface area contributed by atoms with Crippen molar-refractivity contribution in [2.24, 2.45) is 11.8 Å². The van der Waals surface area contributed by atoms with E-state index >= 15 is 0 Å². The summed E-state index contributed by atoms with van der Waals surface area (Å²) in [5, 5.41) is 3.42. The van der Waals surface area contributed by atoms with Gasteiger partial charge in [-0.2, -0.15) is 0 Å². The van der Waals surface area contributed by atoms with Crippen molar-refractivity contribution in [3.05, 3.63) is 29.6 Å². The van der Waals surface area contributed by atoms with Gasteiger partial charge in [-0.1, -0.05) is 19.8 Å². The highest BCUT2D eigenvalue weighted by Crippen LogP contribution is 2.43. The molecule has 92 valence electrons. The van der Waals surface area contributed by atoms with Gasteiger partial charge >= 0.3 is 0 Å². The fraction of sp³-hybridized carbons (Fsp3) is 0.600. The fourth-order valence-electron chi connectivity index (χ4n) is 3.44. The lowest BCUT2D eigenvalue weighted by Crippen LogP contribution is -2.20. The first-order valence-corrected chi connectivity index (χ1v) is 6.77. The van der Waals surface area contributed by atoms with Gasteiger partial charge in [0.05, 0.1) is 0 Å². The Morgan fingerprint density at radius 1 is 1.18 bits per heavy atom. The van der Waals surface area contributed by atoms with Gasteiger partial charge in [0.1, 0.15) is 5.82 Å². The van der Waals surface area contributed by atoms with Gasteiger partial charge in [0.2, 0.25) is 0 Å². The summed E-state index contributed by atoms with van der Waals surface area (Å²) >= 11 is 0. The molecule has 0 spiro atoms. The molecule has 1 unspecified atom stereocenters. The highest BCUT2D eigenvalue weighted by Gasteiger charge is 2.32. The molecule has 1 fully saturated rings. The van der Waals surface area contributed by atoms with Gasteiger partial charge in [-0.25, -0.2) is 4.39 Å². The van der Waals surface area contributed by atoms with E-state index in [1.54, 1.807) is 12.1 Å². The Balaban J connectivity index is 1.81. The third kappa shape index (κ3) is 2.05. The van der Waals surface area contributed by atoms with Gasteiger partial charge in [0, 0.05) is 18.2 Å². The van der Waals surface area contributed by atoms with Gasteiger partial charge in [-0.05, 0) is 48.4 Å². The summed E-state index contributed by atoms with van der Waals surface area (Å²) in [6, 6.07) is 5.17. The monoisotopic (exact) mass is 233 g/mol. The molecule has 0 saturated heterocycles. The molecule has 1 atom stereocenters. The van der Waals surface area contributed by atoms with E-state index in [1.807, 2.05) is 6.07 Å². The average Bonchev–Trinajstić information content (AvgIpc) is 2.73. The second kappa shape index (κ2) is 4.32. The number of hydrogen-bond acceptors (Lipinski definition) is 1. The zero-order chi connectivity index (χ0) is 11.8. The second-order valence-corrected chi connectivity index (χ2v) is 5.74. The average molecular weight is 233 g/mol. The Morgan fingerprint density at radius 3 is 2.71 bits per heavy atom. The third-order valence-electron chi connectivity index (χ3n) is 4.56. The van der Waals surface area contributed by atoms with Crippen LogP contribution < -0.4 is 5.32 Å². The number of fused-ring (bicyclic) bond motifs is 1. The molecule has 1 aromatic carbocycles. The standard InChI is InChI=1S/C15H20FN/c1-10-2-4-11(5-3-10)14-9-17-15-7-6-12(16)8-13(14)15/h6-8,10-11,14,17H,2-5,9H2,1H3. The van der Waals surface area contributed by atoms with Crippen LogP contribution in [0.2, 0.25) is 0 Å². The maximum Gasteiger partial charge on any atom is 0.123 e. The highest BCUT2D eigenvalue weighted by atomic mass is 19.1. The fourth-order valence-corrected chi connectivity index (χ4v) is 3.44. The number of anilines is 1. The Hall–Kier alpha value is -1.05. The van der Waals surface area contributed by atoms with E-state index in [0.29, 0.717) is 5.92 Å². The third-order valence-corrected chi connectivity index (χ3v) is 4.56. The van der Waals surface area contributed by atoms with Crippen molar-refractivity contribution >= 4 is 5.69 Å². The molecule has 1 nitrogen and oxygen atoms in total. The molecule has 1 N–H and O–H groups in total. The van der Waals surface area contributed by atoms with Crippen LogP contribution in [0, 0.1) is 17.7 Å². The maximum atomic E-state index is 13.3. The normalized spacial score (nSPS) is 32.0. The van der Waals surface area contributed by atoms with E-state index in [2.05, 4.69) is 12.2 Å². The van der Waals surface area contributed by atoms with Crippen molar-refractivity contribution in [1.29, 1.82) is 0 Å². The van der Waals surface area contributed by atoms with E-state index in [9.17, 15) is 4.39 Å². The van der Waals surface area contributed by atoms with Crippen molar-refractivity contribution in [3.8, 4) is 0 Å². The lowest BCUT2D eigenvalue weighted by atomic mass is 9.75. The Morgan fingerprint density at radius 2 is 1.94 bits per heavy atom. The Kier molecular flexibility index (Phi) is 2.81. The van der Waals surface area contributed by atoms with Crippen molar-refractivity contribution in [1.82, 2.24) is 0 Å². The highest BCUT2D eigenvalue weighted by molar-refractivity contribution is 5.58. The molecule has 0 amide bonds. The zero-order valence-electron chi connectivity index (χ0n) is 10.4. The van der Waals surface area contributed by atoms with Crippen LogP contribution in [-0.2, 0) is 0 Å². The minimum absolute atomic E-state index is 0.0957. The molecule has 0 radical (unpaired) electrons. The SMILES string of the molecule is CC1CCC(C2CNc3ccc(F)cc32)CC1. The summed E-state index contributed by atoms with van der Waals surface area (Å²) in [6.45, 7) is 3.34. The van der Waals surface area contributed by atoms with E-state index < -0.39 is 0 Å². The molecule has 2 aliphatic rings. The first kappa shape index (κ1) is 11.1. The largest absolute Gasteiger partial charge is 0.384 e. The Labute approximate surface area is 102 Å². The summed E-state index contributed by atoms with van der Waals surface area (Å²) in [7, 11) is 0. The summed E-state index contributed by atoms with van der Waals surface area (Å²) in [5.41, 5.74) is 2.36. The molecule has 1 aliphatic heterocycles. The summed E-state index contributed by atoms with van der Waals surface area (Å²) in [4.78, 5) is 0. The first-order chi connectivity index (χ1) is 8.24. The van der Waals surface area contributed by atoms with Crippen LogP contribution in [0.1, 0.15) is 44.1 Å². The van der Waals surface area contributed by atoms with Crippen LogP contribution in [0.5, 0.6) is 0 Å².